The van der Waals surface area contributed by atoms with Crippen molar-refractivity contribution in [2.45, 2.75) is 26.1 Å². The number of nitrogens with zero attached hydrogens (tertiary/aromatic N) is 2. The minimum atomic E-state index is -1.27. The minimum absolute atomic E-state index is 0. The van der Waals surface area contributed by atoms with Crippen LogP contribution in [-0.2, 0) is 41.9 Å². The monoisotopic (exact) mass is 502 g/mol. The van der Waals surface area contributed by atoms with E-state index in [2.05, 4.69) is 9.47 Å². The van der Waals surface area contributed by atoms with Gasteiger partial charge >= 0.3 is 23.9 Å². The maximum atomic E-state index is 10.9. The third-order valence-corrected chi connectivity index (χ3v) is 3.69. The number of carboxylic acid groups (broad SMARTS) is 2. The van der Waals surface area contributed by atoms with Gasteiger partial charge in [-0.15, -0.1) is 0 Å². The first-order valence-corrected chi connectivity index (χ1v) is 9.19. The summed E-state index contributed by atoms with van der Waals surface area (Å²) in [5, 5.41) is 37.3. The summed E-state index contributed by atoms with van der Waals surface area (Å²) in [6, 6.07) is 10.9. The lowest BCUT2D eigenvalue weighted by Gasteiger charge is -2.02. The van der Waals surface area contributed by atoms with Crippen LogP contribution in [0.25, 0.3) is 0 Å². The van der Waals surface area contributed by atoms with Gasteiger partial charge in [0.2, 0.25) is 0 Å². The Kier molecular flexibility index (Phi) is 13.8. The molecule has 14 nitrogen and oxygen atoms in total. The zero-order valence-corrected chi connectivity index (χ0v) is 19.4. The maximum absolute atomic E-state index is 10.9. The van der Waals surface area contributed by atoms with Crippen LogP contribution in [0.3, 0.4) is 0 Å². The van der Waals surface area contributed by atoms with Crippen molar-refractivity contribution in [3.63, 3.8) is 0 Å². The second-order valence-corrected chi connectivity index (χ2v) is 6.31. The molecule has 0 unspecified atom stereocenters. The van der Waals surface area contributed by atoms with Gasteiger partial charge in [0.15, 0.2) is 0 Å². The SMILES string of the molecule is O=C(O)CC(=O)OCc1ccc([N+](=O)[O-])cc1.O=C(O)CC(=O)OCc1ccc([N+](=O)[O-])cc1.[Mg]. The van der Waals surface area contributed by atoms with Crippen LogP contribution >= 0.6 is 0 Å². The van der Waals surface area contributed by atoms with Crippen molar-refractivity contribution >= 4 is 58.3 Å². The molecule has 35 heavy (non-hydrogen) atoms. The number of carbonyl (C=O) groups is 4. The van der Waals surface area contributed by atoms with Crippen molar-refractivity contribution < 1.29 is 48.7 Å². The molecule has 2 aromatic carbocycles. The number of nitro benzene ring substituents is 2. The Morgan fingerprint density at radius 2 is 0.943 bits per heavy atom. The molecule has 0 fully saturated rings. The van der Waals surface area contributed by atoms with E-state index in [1.165, 1.54) is 48.5 Å². The van der Waals surface area contributed by atoms with E-state index in [9.17, 15) is 39.4 Å². The van der Waals surface area contributed by atoms with Crippen molar-refractivity contribution in [1.29, 1.82) is 0 Å². The van der Waals surface area contributed by atoms with Crippen LogP contribution in [0.5, 0.6) is 0 Å². The Balaban J connectivity index is 0.000000642. The lowest BCUT2D eigenvalue weighted by atomic mass is 10.2. The highest BCUT2D eigenvalue weighted by atomic mass is 24.3. The number of benzene rings is 2. The van der Waals surface area contributed by atoms with Gasteiger partial charge in [0, 0.05) is 47.3 Å². The summed E-state index contributed by atoms with van der Waals surface area (Å²) in [4.78, 5) is 61.7. The van der Waals surface area contributed by atoms with E-state index in [0.29, 0.717) is 11.1 Å². The van der Waals surface area contributed by atoms with Crippen LogP contribution in [-0.4, -0.2) is 67.0 Å². The fourth-order valence-electron chi connectivity index (χ4n) is 2.10. The van der Waals surface area contributed by atoms with Gasteiger partial charge in [-0.2, -0.15) is 0 Å². The van der Waals surface area contributed by atoms with Gasteiger partial charge in [-0.25, -0.2) is 0 Å². The van der Waals surface area contributed by atoms with E-state index >= 15 is 0 Å². The minimum Gasteiger partial charge on any atom is -0.481 e. The summed E-state index contributed by atoms with van der Waals surface area (Å²) in [6.45, 7) is -0.214. The molecule has 182 valence electrons. The van der Waals surface area contributed by atoms with Crippen LogP contribution in [0.2, 0.25) is 0 Å². The molecular formula is C20H18MgN2O12. The summed E-state index contributed by atoms with van der Waals surface area (Å²) >= 11 is 0. The smallest absolute Gasteiger partial charge is 0.317 e. The number of hydrogen-bond donors (Lipinski definition) is 2. The summed E-state index contributed by atoms with van der Waals surface area (Å²) in [5.74, 6) is -4.23. The van der Waals surface area contributed by atoms with Crippen molar-refractivity contribution in [3.05, 3.63) is 79.9 Å². The molecule has 0 saturated heterocycles. The molecule has 0 bridgehead atoms. The predicted octanol–water partition coefficient (Wildman–Crippen LogP) is 1.84. The standard InChI is InChI=1S/2C10H9NO6.Mg/c2*12-9(13)5-10(14)17-6-7-1-3-8(4-2-7)11(15)16;/h2*1-4H,5-6H2,(H,12,13);. The summed E-state index contributed by atoms with van der Waals surface area (Å²) in [7, 11) is 0. The first-order valence-electron chi connectivity index (χ1n) is 9.19. The Morgan fingerprint density at radius 3 is 1.17 bits per heavy atom. The molecule has 0 atom stereocenters. The highest BCUT2D eigenvalue weighted by Gasteiger charge is 2.11. The predicted molar refractivity (Wildman–Crippen MR) is 116 cm³/mol. The van der Waals surface area contributed by atoms with Gasteiger partial charge in [0.1, 0.15) is 26.1 Å². The summed E-state index contributed by atoms with van der Waals surface area (Å²) < 4.78 is 9.30. The quantitative estimate of drug-likeness (QED) is 0.156. The van der Waals surface area contributed by atoms with E-state index in [-0.39, 0.29) is 47.6 Å². The summed E-state index contributed by atoms with van der Waals surface area (Å²) in [6.07, 6.45) is -1.40. The molecule has 2 aromatic rings. The van der Waals surface area contributed by atoms with Crippen molar-refractivity contribution in [1.82, 2.24) is 0 Å². The average molecular weight is 503 g/mol. The number of non-ortho nitro benzene ring substituents is 2. The van der Waals surface area contributed by atoms with Gasteiger partial charge in [-0.05, 0) is 35.4 Å². The number of carboxylic acids is 2. The largest absolute Gasteiger partial charge is 0.481 e. The zero-order chi connectivity index (χ0) is 25.7. The van der Waals surface area contributed by atoms with Gasteiger partial charge in [-0.1, -0.05) is 0 Å². The molecule has 0 heterocycles. The highest BCUT2D eigenvalue weighted by Crippen LogP contribution is 2.13. The van der Waals surface area contributed by atoms with Crippen molar-refractivity contribution in [2.75, 3.05) is 0 Å². The van der Waals surface area contributed by atoms with Crippen LogP contribution in [0.1, 0.15) is 24.0 Å². The normalized spacial score (nSPS) is 9.37. The van der Waals surface area contributed by atoms with Gasteiger partial charge in [0.05, 0.1) is 9.85 Å². The maximum Gasteiger partial charge on any atom is 0.317 e. The first-order chi connectivity index (χ1) is 16.0. The second kappa shape index (κ2) is 15.7. The third kappa shape index (κ3) is 13.2. The van der Waals surface area contributed by atoms with Gasteiger partial charge in [-0.3, -0.25) is 39.4 Å². The van der Waals surface area contributed by atoms with Crippen molar-refractivity contribution in [3.8, 4) is 0 Å². The highest BCUT2D eigenvalue weighted by molar-refractivity contribution is 5.90. The molecule has 2 N–H and O–H groups in total. The number of hydrogen-bond acceptors (Lipinski definition) is 10. The number of carbonyl (C=O) groups excluding carboxylic acids is 2. The molecule has 0 aliphatic rings. The van der Waals surface area contributed by atoms with E-state index in [1.54, 1.807) is 0 Å². The topological polar surface area (TPSA) is 213 Å². The molecule has 2 radical (unpaired) electrons. The average Bonchev–Trinajstić information content (AvgIpc) is 2.76. The Labute approximate surface area is 212 Å². The van der Waals surface area contributed by atoms with Gasteiger partial charge in [0.25, 0.3) is 11.4 Å². The van der Waals surface area contributed by atoms with E-state index < -0.39 is 46.6 Å². The number of rotatable bonds is 10. The van der Waals surface area contributed by atoms with E-state index in [1.807, 2.05) is 0 Å². The number of esters is 2. The molecule has 0 amide bonds. The molecule has 0 aromatic heterocycles. The van der Waals surface area contributed by atoms with Crippen LogP contribution in [0.15, 0.2) is 48.5 Å². The number of aliphatic carboxylic acids is 2. The van der Waals surface area contributed by atoms with Crippen LogP contribution < -0.4 is 0 Å². The van der Waals surface area contributed by atoms with Gasteiger partial charge < -0.3 is 19.7 Å². The molecule has 0 aliphatic carbocycles. The molecule has 2 rings (SSSR count). The number of nitro groups is 2. The molecule has 0 aliphatic heterocycles. The fraction of sp³-hybridized carbons (Fsp3) is 0.200. The van der Waals surface area contributed by atoms with E-state index in [4.69, 9.17) is 10.2 Å². The van der Waals surface area contributed by atoms with Crippen LogP contribution in [0, 0.1) is 20.2 Å². The third-order valence-electron chi connectivity index (χ3n) is 3.69. The molecule has 15 heteroatoms. The zero-order valence-electron chi connectivity index (χ0n) is 18.0. The molecule has 0 spiro atoms. The lowest BCUT2D eigenvalue weighted by molar-refractivity contribution is -0.385. The van der Waals surface area contributed by atoms with E-state index in [0.717, 1.165) is 0 Å². The Bertz CT molecular complexity index is 969. The number of ether oxygens (including phenoxy) is 2. The van der Waals surface area contributed by atoms with Crippen LogP contribution in [0.4, 0.5) is 11.4 Å². The molecule has 0 saturated carbocycles. The Morgan fingerprint density at radius 1 is 0.657 bits per heavy atom. The Hall–Kier alpha value is -4.11. The second-order valence-electron chi connectivity index (χ2n) is 6.31. The first kappa shape index (κ1) is 30.9. The van der Waals surface area contributed by atoms with Crippen molar-refractivity contribution in [2.24, 2.45) is 0 Å². The fourth-order valence-corrected chi connectivity index (χ4v) is 2.10. The molecular weight excluding hydrogens is 485 g/mol. The lowest BCUT2D eigenvalue weighted by Crippen LogP contribution is -2.10. The summed E-state index contributed by atoms with van der Waals surface area (Å²) in [5.41, 5.74) is 0.972.